The van der Waals surface area contributed by atoms with Crippen LogP contribution in [0.1, 0.15) is 30.4 Å². The first-order chi connectivity index (χ1) is 13.1. The summed E-state index contributed by atoms with van der Waals surface area (Å²) in [5, 5.41) is 3.62. The molecule has 0 radical (unpaired) electrons. The summed E-state index contributed by atoms with van der Waals surface area (Å²) in [5.41, 5.74) is 3.23. The van der Waals surface area contributed by atoms with Gasteiger partial charge >= 0.3 is 0 Å². The summed E-state index contributed by atoms with van der Waals surface area (Å²) in [6, 6.07) is 18.9. The Morgan fingerprint density at radius 3 is 2.37 bits per heavy atom. The molecule has 0 atom stereocenters. The average molecular weight is 364 g/mol. The molecule has 4 rings (SSSR count). The van der Waals surface area contributed by atoms with Gasteiger partial charge in [-0.05, 0) is 43.9 Å². The van der Waals surface area contributed by atoms with Crippen LogP contribution in [0.4, 0.5) is 5.69 Å². The molecule has 0 aromatic heterocycles. The number of amides is 1. The van der Waals surface area contributed by atoms with Crippen molar-refractivity contribution < 1.29 is 4.79 Å². The molecule has 142 valence electrons. The van der Waals surface area contributed by atoms with Crippen molar-refractivity contribution in [1.29, 1.82) is 0 Å². The first kappa shape index (κ1) is 18.1. The molecule has 2 saturated heterocycles. The molecular formula is C23H29N3O. The summed E-state index contributed by atoms with van der Waals surface area (Å²) < 4.78 is 0. The second-order valence-electron chi connectivity index (χ2n) is 7.98. The Hall–Kier alpha value is -2.33. The zero-order chi connectivity index (χ0) is 18.7. The highest BCUT2D eigenvalue weighted by Gasteiger charge is 2.44. The molecule has 0 spiro atoms. The van der Waals surface area contributed by atoms with Gasteiger partial charge in [-0.15, -0.1) is 0 Å². The number of anilines is 1. The minimum Gasteiger partial charge on any atom is -0.371 e. The molecule has 2 aromatic carbocycles. The second-order valence-corrected chi connectivity index (χ2v) is 7.98. The lowest BCUT2D eigenvalue weighted by molar-refractivity contribution is -0.141. The maximum atomic E-state index is 13.3. The smallest absolute Gasteiger partial charge is 0.248 e. The van der Waals surface area contributed by atoms with Crippen molar-refractivity contribution in [2.24, 2.45) is 0 Å². The Labute approximate surface area is 162 Å². The molecule has 2 aliphatic heterocycles. The fourth-order valence-electron chi connectivity index (χ4n) is 4.17. The van der Waals surface area contributed by atoms with Gasteiger partial charge in [-0.3, -0.25) is 9.69 Å². The average Bonchev–Trinajstić information content (AvgIpc) is 2.63. The van der Waals surface area contributed by atoms with E-state index in [1.807, 2.05) is 23.1 Å². The van der Waals surface area contributed by atoms with E-state index in [0.29, 0.717) is 0 Å². The topological polar surface area (TPSA) is 35.6 Å². The van der Waals surface area contributed by atoms with Crippen LogP contribution < -0.4 is 5.32 Å². The number of rotatable bonds is 5. The van der Waals surface area contributed by atoms with Gasteiger partial charge in [0, 0.05) is 38.4 Å². The number of aryl methyl sites for hydroxylation is 1. The van der Waals surface area contributed by atoms with Gasteiger partial charge < -0.3 is 10.2 Å². The number of nitrogens with one attached hydrogen (secondary N) is 1. The first-order valence-electron chi connectivity index (χ1n) is 10.1. The van der Waals surface area contributed by atoms with E-state index in [9.17, 15) is 4.79 Å². The van der Waals surface area contributed by atoms with Crippen LogP contribution in [0.2, 0.25) is 0 Å². The normalized spacial score (nSPS) is 19.4. The fraction of sp³-hybridized carbons (Fsp3) is 0.435. The molecule has 2 heterocycles. The van der Waals surface area contributed by atoms with Gasteiger partial charge in [-0.25, -0.2) is 0 Å². The van der Waals surface area contributed by atoms with Crippen LogP contribution in [-0.2, 0) is 11.3 Å². The zero-order valence-corrected chi connectivity index (χ0v) is 16.2. The standard InChI is InChI=1S/C23H29N3O/c1-19-7-5-8-20(17-19)18-25-15-11-23(12-16-25,22(27)26-13-6-14-26)24-21-9-3-2-4-10-21/h2-5,7-10,17,24H,6,11-16,18H2,1H3. The van der Waals surface area contributed by atoms with Gasteiger partial charge in [0.25, 0.3) is 0 Å². The monoisotopic (exact) mass is 363 g/mol. The largest absolute Gasteiger partial charge is 0.371 e. The van der Waals surface area contributed by atoms with E-state index in [1.165, 1.54) is 11.1 Å². The Morgan fingerprint density at radius 2 is 1.74 bits per heavy atom. The molecule has 2 aliphatic rings. The van der Waals surface area contributed by atoms with Crippen LogP contribution in [0.3, 0.4) is 0 Å². The van der Waals surface area contributed by atoms with Crippen LogP contribution in [0.5, 0.6) is 0 Å². The predicted molar refractivity (Wildman–Crippen MR) is 110 cm³/mol. The maximum Gasteiger partial charge on any atom is 0.248 e. The molecule has 0 aliphatic carbocycles. The summed E-state index contributed by atoms with van der Waals surface area (Å²) in [6.07, 6.45) is 2.83. The van der Waals surface area contributed by atoms with Crippen molar-refractivity contribution in [3.05, 3.63) is 65.7 Å². The minimum atomic E-state index is -0.467. The number of para-hydroxylation sites is 1. The van der Waals surface area contributed by atoms with E-state index >= 15 is 0 Å². The maximum absolute atomic E-state index is 13.3. The number of benzene rings is 2. The molecule has 0 bridgehead atoms. The molecule has 4 heteroatoms. The lowest BCUT2D eigenvalue weighted by Crippen LogP contribution is -2.61. The van der Waals surface area contributed by atoms with Crippen molar-refractivity contribution in [1.82, 2.24) is 9.80 Å². The van der Waals surface area contributed by atoms with Gasteiger partial charge in [0.2, 0.25) is 5.91 Å². The third kappa shape index (κ3) is 4.01. The highest BCUT2D eigenvalue weighted by Crippen LogP contribution is 2.31. The van der Waals surface area contributed by atoms with Gasteiger partial charge in [-0.1, -0.05) is 48.0 Å². The highest BCUT2D eigenvalue weighted by molar-refractivity contribution is 5.90. The van der Waals surface area contributed by atoms with Crippen LogP contribution in [-0.4, -0.2) is 47.4 Å². The molecular weight excluding hydrogens is 334 g/mol. The van der Waals surface area contributed by atoms with Gasteiger partial charge in [-0.2, -0.15) is 0 Å². The fourth-order valence-corrected chi connectivity index (χ4v) is 4.17. The van der Waals surface area contributed by atoms with Crippen molar-refractivity contribution >= 4 is 11.6 Å². The number of carbonyl (C=O) groups excluding carboxylic acids is 1. The van der Waals surface area contributed by atoms with Crippen molar-refractivity contribution in [2.45, 2.75) is 38.3 Å². The number of hydrogen-bond acceptors (Lipinski definition) is 3. The molecule has 2 fully saturated rings. The lowest BCUT2D eigenvalue weighted by atomic mass is 9.84. The van der Waals surface area contributed by atoms with Crippen LogP contribution in [0.25, 0.3) is 0 Å². The third-order valence-corrected chi connectivity index (χ3v) is 5.91. The minimum absolute atomic E-state index is 0.285. The Balaban J connectivity index is 1.47. The van der Waals surface area contributed by atoms with E-state index < -0.39 is 5.54 Å². The number of nitrogens with zero attached hydrogens (tertiary/aromatic N) is 2. The summed E-state index contributed by atoms with van der Waals surface area (Å²) in [6.45, 7) is 6.79. The molecule has 1 N–H and O–H groups in total. The van der Waals surface area contributed by atoms with Gasteiger partial charge in [0.1, 0.15) is 5.54 Å². The predicted octanol–water partition coefficient (Wildman–Crippen LogP) is 3.67. The number of likely N-dealkylation sites (tertiary alicyclic amines) is 2. The van der Waals surface area contributed by atoms with Crippen LogP contribution in [0, 0.1) is 6.92 Å². The second kappa shape index (κ2) is 7.73. The summed E-state index contributed by atoms with van der Waals surface area (Å²) in [5.74, 6) is 0.285. The van der Waals surface area contributed by atoms with Crippen molar-refractivity contribution in [2.75, 3.05) is 31.5 Å². The number of carbonyl (C=O) groups is 1. The Bertz CT molecular complexity index is 777. The quantitative estimate of drug-likeness (QED) is 0.880. The molecule has 2 aromatic rings. The van der Waals surface area contributed by atoms with Gasteiger partial charge in [0.05, 0.1) is 0 Å². The van der Waals surface area contributed by atoms with Crippen molar-refractivity contribution in [3.63, 3.8) is 0 Å². The van der Waals surface area contributed by atoms with E-state index in [0.717, 1.165) is 57.7 Å². The van der Waals surface area contributed by atoms with E-state index in [-0.39, 0.29) is 5.91 Å². The van der Waals surface area contributed by atoms with E-state index in [2.05, 4.69) is 53.5 Å². The van der Waals surface area contributed by atoms with Crippen LogP contribution >= 0.6 is 0 Å². The summed E-state index contributed by atoms with van der Waals surface area (Å²) >= 11 is 0. The number of piperidine rings is 1. The molecule has 0 saturated carbocycles. The third-order valence-electron chi connectivity index (χ3n) is 5.91. The first-order valence-corrected chi connectivity index (χ1v) is 10.1. The van der Waals surface area contributed by atoms with Crippen molar-refractivity contribution in [3.8, 4) is 0 Å². The molecule has 1 amide bonds. The Morgan fingerprint density at radius 1 is 1.00 bits per heavy atom. The molecule has 4 nitrogen and oxygen atoms in total. The van der Waals surface area contributed by atoms with Crippen LogP contribution in [0.15, 0.2) is 54.6 Å². The van der Waals surface area contributed by atoms with E-state index in [1.54, 1.807) is 0 Å². The zero-order valence-electron chi connectivity index (χ0n) is 16.2. The highest BCUT2D eigenvalue weighted by atomic mass is 16.2. The summed E-state index contributed by atoms with van der Waals surface area (Å²) in [7, 11) is 0. The van der Waals surface area contributed by atoms with Gasteiger partial charge in [0.15, 0.2) is 0 Å². The van der Waals surface area contributed by atoms with E-state index in [4.69, 9.17) is 0 Å². The lowest BCUT2D eigenvalue weighted by Gasteiger charge is -2.46. The Kier molecular flexibility index (Phi) is 5.17. The molecule has 0 unspecified atom stereocenters. The number of hydrogen-bond donors (Lipinski definition) is 1. The molecule has 27 heavy (non-hydrogen) atoms. The SMILES string of the molecule is Cc1cccc(CN2CCC(Nc3ccccc3)(C(=O)N3CCC3)CC2)c1. The summed E-state index contributed by atoms with van der Waals surface area (Å²) in [4.78, 5) is 17.8.